The van der Waals surface area contributed by atoms with Crippen molar-refractivity contribution in [3.05, 3.63) is 23.8 Å². The lowest BCUT2D eigenvalue weighted by atomic mass is 9.79. The van der Waals surface area contributed by atoms with Gasteiger partial charge in [0.05, 0.1) is 0 Å². The Morgan fingerprint density at radius 1 is 1.33 bits per heavy atom. The summed E-state index contributed by atoms with van der Waals surface area (Å²) in [5.74, 6) is 1.78. The molecule has 2 aliphatic rings. The Kier molecular flexibility index (Phi) is 4.79. The topological polar surface area (TPSA) is 17.1 Å². The van der Waals surface area contributed by atoms with E-state index in [0.29, 0.717) is 17.6 Å². The van der Waals surface area contributed by atoms with Gasteiger partial charge in [-0.25, -0.2) is 0 Å². The van der Waals surface area contributed by atoms with Crippen LogP contribution in [0.1, 0.15) is 58.8 Å². The smallest absolute Gasteiger partial charge is 0.162 e. The van der Waals surface area contributed by atoms with Gasteiger partial charge in [-0.1, -0.05) is 51.3 Å². The van der Waals surface area contributed by atoms with Crippen LogP contribution in [0.3, 0.4) is 0 Å². The number of hydrogen-bond acceptors (Lipinski definition) is 1. The molecule has 2 aliphatic carbocycles. The molecule has 1 nitrogen and oxygen atoms in total. The molecule has 0 aromatic heterocycles. The van der Waals surface area contributed by atoms with Crippen LogP contribution in [-0.4, -0.2) is 5.78 Å². The van der Waals surface area contributed by atoms with E-state index in [1.807, 2.05) is 0 Å². The van der Waals surface area contributed by atoms with E-state index in [-0.39, 0.29) is 5.92 Å². The number of hydrogen-bond donors (Lipinski definition) is 0. The molecule has 1 saturated carbocycles. The van der Waals surface area contributed by atoms with E-state index in [2.05, 4.69) is 32.1 Å². The van der Waals surface area contributed by atoms with Gasteiger partial charge in [0.15, 0.2) is 5.78 Å². The molecule has 0 saturated heterocycles. The minimum Gasteiger partial charge on any atom is -0.294 e. The van der Waals surface area contributed by atoms with Crippen molar-refractivity contribution in [3.63, 3.8) is 0 Å². The summed E-state index contributed by atoms with van der Waals surface area (Å²) in [6.45, 7) is 4.42. The first-order valence-electron chi connectivity index (χ1n) is 7.64. The van der Waals surface area contributed by atoms with Crippen LogP contribution in [0.5, 0.6) is 0 Å². The lowest BCUT2D eigenvalue weighted by Crippen LogP contribution is -2.24. The first-order valence-corrected chi connectivity index (χ1v) is 7.64. The summed E-state index contributed by atoms with van der Waals surface area (Å²) >= 11 is 0. The number of carbonyl (C=O) groups excluding carboxylic acids is 1. The minimum absolute atomic E-state index is 0.289. The van der Waals surface area contributed by atoms with E-state index in [1.54, 1.807) is 0 Å². The molecule has 0 N–H and O–H groups in total. The largest absolute Gasteiger partial charge is 0.294 e. The zero-order chi connectivity index (χ0) is 13.0. The fourth-order valence-corrected chi connectivity index (χ4v) is 3.46. The Hall–Kier alpha value is -0.850. The average molecular weight is 246 g/mol. The molecule has 1 heteroatoms. The molecule has 0 bridgehead atoms. The van der Waals surface area contributed by atoms with Gasteiger partial charge in [-0.3, -0.25) is 4.79 Å². The highest BCUT2D eigenvalue weighted by molar-refractivity contribution is 6.00. The maximum Gasteiger partial charge on any atom is 0.162 e. The Balaban J connectivity index is 1.88. The van der Waals surface area contributed by atoms with Gasteiger partial charge in [-0.15, -0.1) is 0 Å². The predicted molar refractivity (Wildman–Crippen MR) is 76.4 cm³/mol. The molecule has 0 aliphatic heterocycles. The van der Waals surface area contributed by atoms with Crippen molar-refractivity contribution in [1.82, 2.24) is 0 Å². The highest BCUT2D eigenvalue weighted by Gasteiger charge is 2.41. The first kappa shape index (κ1) is 13.6. The Morgan fingerprint density at radius 3 is 2.89 bits per heavy atom. The van der Waals surface area contributed by atoms with E-state index in [1.165, 1.54) is 25.7 Å². The van der Waals surface area contributed by atoms with Crippen LogP contribution < -0.4 is 0 Å². The Morgan fingerprint density at radius 2 is 2.17 bits per heavy atom. The van der Waals surface area contributed by atoms with E-state index < -0.39 is 0 Å². The van der Waals surface area contributed by atoms with Crippen molar-refractivity contribution >= 4 is 5.78 Å². The average Bonchev–Trinajstić information content (AvgIpc) is 2.68. The molecule has 0 spiro atoms. The molecule has 18 heavy (non-hydrogen) atoms. The fourth-order valence-electron chi connectivity index (χ4n) is 3.46. The zero-order valence-corrected chi connectivity index (χ0v) is 11.8. The van der Waals surface area contributed by atoms with Gasteiger partial charge in [-0.05, 0) is 43.1 Å². The van der Waals surface area contributed by atoms with Crippen LogP contribution in [0.2, 0.25) is 0 Å². The maximum atomic E-state index is 12.4. The molecule has 0 aromatic carbocycles. The number of carbonyl (C=O) groups is 1. The molecular formula is C17H26O. The van der Waals surface area contributed by atoms with Crippen LogP contribution in [0.25, 0.3) is 0 Å². The van der Waals surface area contributed by atoms with Crippen LogP contribution in [-0.2, 0) is 4.79 Å². The Bertz CT molecular complexity index is 351. The molecule has 1 fully saturated rings. The summed E-state index contributed by atoms with van der Waals surface area (Å²) in [7, 11) is 0. The predicted octanol–water partition coefficient (Wildman–Crippen LogP) is 4.68. The third-order valence-electron chi connectivity index (χ3n) is 4.50. The van der Waals surface area contributed by atoms with E-state index >= 15 is 0 Å². The lowest BCUT2D eigenvalue weighted by molar-refractivity contribution is -0.119. The molecule has 0 heterocycles. The van der Waals surface area contributed by atoms with E-state index in [0.717, 1.165) is 24.8 Å². The zero-order valence-electron chi connectivity index (χ0n) is 11.8. The van der Waals surface area contributed by atoms with Crippen molar-refractivity contribution in [2.45, 2.75) is 58.8 Å². The molecular weight excluding hydrogens is 220 g/mol. The van der Waals surface area contributed by atoms with Gasteiger partial charge < -0.3 is 0 Å². The highest BCUT2D eigenvalue weighted by atomic mass is 16.1. The van der Waals surface area contributed by atoms with Crippen molar-refractivity contribution in [1.29, 1.82) is 0 Å². The van der Waals surface area contributed by atoms with Gasteiger partial charge in [0.2, 0.25) is 0 Å². The SMILES string of the molecule is CCCCCC/C=C1\CC2CC=CC(C)C2C1=O. The van der Waals surface area contributed by atoms with Gasteiger partial charge in [0.25, 0.3) is 0 Å². The van der Waals surface area contributed by atoms with E-state index in [9.17, 15) is 4.79 Å². The third-order valence-corrected chi connectivity index (χ3v) is 4.50. The van der Waals surface area contributed by atoms with Crippen molar-refractivity contribution in [2.75, 3.05) is 0 Å². The molecule has 0 amide bonds. The second-order valence-corrected chi connectivity index (χ2v) is 5.96. The third kappa shape index (κ3) is 2.93. The van der Waals surface area contributed by atoms with Gasteiger partial charge in [0, 0.05) is 5.92 Å². The van der Waals surface area contributed by atoms with E-state index in [4.69, 9.17) is 0 Å². The fraction of sp³-hybridized carbons (Fsp3) is 0.706. The summed E-state index contributed by atoms with van der Waals surface area (Å²) in [6.07, 6.45) is 15.1. The summed E-state index contributed by atoms with van der Waals surface area (Å²) in [6, 6.07) is 0. The second kappa shape index (κ2) is 6.36. The number of allylic oxidation sites excluding steroid dienone is 4. The van der Waals surface area contributed by atoms with Gasteiger partial charge >= 0.3 is 0 Å². The van der Waals surface area contributed by atoms with Crippen molar-refractivity contribution in [2.24, 2.45) is 17.8 Å². The number of unbranched alkanes of at least 4 members (excludes halogenated alkanes) is 4. The number of fused-ring (bicyclic) bond motifs is 1. The van der Waals surface area contributed by atoms with Gasteiger partial charge in [0.1, 0.15) is 0 Å². The standard InChI is InChI=1S/C17H26O/c1-3-4-5-6-7-10-15-12-14-11-8-9-13(2)16(14)17(15)18/h8-10,13-14,16H,3-7,11-12H2,1-2H3/b15-10+. The van der Waals surface area contributed by atoms with Crippen molar-refractivity contribution in [3.8, 4) is 0 Å². The first-order chi connectivity index (χ1) is 8.74. The lowest BCUT2D eigenvalue weighted by Gasteiger charge is -2.24. The van der Waals surface area contributed by atoms with Crippen LogP contribution in [0.15, 0.2) is 23.8 Å². The molecule has 3 unspecified atom stereocenters. The molecule has 0 radical (unpaired) electrons. The Labute approximate surface area is 111 Å². The van der Waals surface area contributed by atoms with Crippen LogP contribution >= 0.6 is 0 Å². The number of rotatable bonds is 5. The second-order valence-electron chi connectivity index (χ2n) is 5.96. The molecule has 3 atom stereocenters. The van der Waals surface area contributed by atoms with Crippen LogP contribution in [0.4, 0.5) is 0 Å². The summed E-state index contributed by atoms with van der Waals surface area (Å²) in [4.78, 5) is 12.4. The monoisotopic (exact) mass is 246 g/mol. The minimum atomic E-state index is 0.289. The molecule has 2 rings (SSSR count). The quantitative estimate of drug-likeness (QED) is 0.391. The normalized spacial score (nSPS) is 33.1. The number of ketones is 1. The summed E-state index contributed by atoms with van der Waals surface area (Å²) in [5, 5.41) is 0. The number of Topliss-reactive ketones (excluding diaryl/α,β-unsaturated/α-hetero) is 1. The molecule has 100 valence electrons. The van der Waals surface area contributed by atoms with Crippen LogP contribution in [0, 0.1) is 17.8 Å². The van der Waals surface area contributed by atoms with Crippen molar-refractivity contribution < 1.29 is 4.79 Å². The molecule has 0 aromatic rings. The maximum absolute atomic E-state index is 12.4. The summed E-state index contributed by atoms with van der Waals surface area (Å²) < 4.78 is 0. The highest BCUT2D eigenvalue weighted by Crippen LogP contribution is 2.42. The summed E-state index contributed by atoms with van der Waals surface area (Å²) in [5.41, 5.74) is 1.14. The van der Waals surface area contributed by atoms with Gasteiger partial charge in [-0.2, -0.15) is 0 Å².